The van der Waals surface area contributed by atoms with Crippen LogP contribution in [-0.2, 0) is 13.8 Å². The van der Waals surface area contributed by atoms with Crippen LogP contribution in [0, 0.1) is 0 Å². The van der Waals surface area contributed by atoms with Gasteiger partial charge >= 0.3 is 0 Å². The zero-order chi connectivity index (χ0) is 16.8. The fraction of sp³-hybridized carbons (Fsp3) is 0.588. The summed E-state index contributed by atoms with van der Waals surface area (Å²) in [4.78, 5) is 12.0. The molecular formula is C17H27N2O3P. The molecule has 5 nitrogen and oxygen atoms in total. The van der Waals surface area contributed by atoms with E-state index in [4.69, 9.17) is 9.05 Å². The molecule has 2 rings (SSSR count). The lowest BCUT2D eigenvalue weighted by Crippen LogP contribution is -2.24. The highest BCUT2D eigenvalue weighted by Gasteiger charge is 2.27. The van der Waals surface area contributed by atoms with E-state index in [9.17, 15) is 4.79 Å². The van der Waals surface area contributed by atoms with E-state index in [1.54, 1.807) is 0 Å². The van der Waals surface area contributed by atoms with Gasteiger partial charge in [0.25, 0.3) is 8.53 Å². The van der Waals surface area contributed by atoms with E-state index in [-0.39, 0.29) is 18.1 Å². The summed E-state index contributed by atoms with van der Waals surface area (Å²) in [6.45, 7) is 8.88. The minimum atomic E-state index is -1.22. The van der Waals surface area contributed by atoms with E-state index in [2.05, 4.69) is 9.99 Å². The lowest BCUT2D eigenvalue weighted by Gasteiger charge is -2.34. The molecule has 1 aliphatic rings. The molecule has 0 saturated heterocycles. The molecule has 6 heteroatoms. The molecule has 0 unspecified atom stereocenters. The van der Waals surface area contributed by atoms with Gasteiger partial charge in [0.15, 0.2) is 0 Å². The average molecular weight is 338 g/mol. The van der Waals surface area contributed by atoms with Crippen molar-refractivity contribution in [2.75, 3.05) is 16.5 Å². The monoisotopic (exact) mass is 338 g/mol. The van der Waals surface area contributed by atoms with Crippen LogP contribution >= 0.6 is 8.53 Å². The maximum Gasteiger partial charge on any atom is 0.290 e. The number of anilines is 2. The fourth-order valence-corrected chi connectivity index (χ4v) is 4.01. The maximum absolute atomic E-state index is 12.0. The minimum Gasteiger partial charge on any atom is -0.324 e. The Hall–Kier alpha value is -1.16. The van der Waals surface area contributed by atoms with Crippen LogP contribution in [0.3, 0.4) is 0 Å². The zero-order valence-corrected chi connectivity index (χ0v) is 15.3. The quantitative estimate of drug-likeness (QED) is 0.791. The number of hydrogen-bond donors (Lipinski definition) is 1. The molecule has 0 spiro atoms. The zero-order valence-electron chi connectivity index (χ0n) is 14.4. The molecule has 23 heavy (non-hydrogen) atoms. The molecule has 1 aliphatic heterocycles. The second kappa shape index (κ2) is 8.62. The summed E-state index contributed by atoms with van der Waals surface area (Å²) in [6, 6.07) is 7.87. The van der Waals surface area contributed by atoms with Crippen molar-refractivity contribution in [2.24, 2.45) is 0 Å². The smallest absolute Gasteiger partial charge is 0.290 e. The van der Waals surface area contributed by atoms with Crippen LogP contribution < -0.4 is 9.99 Å². The molecule has 0 saturated carbocycles. The third kappa shape index (κ3) is 5.45. The largest absolute Gasteiger partial charge is 0.324 e. The predicted octanol–water partition coefficient (Wildman–Crippen LogP) is 4.69. The van der Waals surface area contributed by atoms with Crippen molar-refractivity contribution in [3.8, 4) is 0 Å². The second-order valence-corrected chi connectivity index (χ2v) is 7.57. The number of nitrogens with zero attached hydrogens (tertiary/aromatic N) is 1. The van der Waals surface area contributed by atoms with Gasteiger partial charge in [-0.05, 0) is 52.7 Å². The minimum absolute atomic E-state index is 0.0678. The van der Waals surface area contributed by atoms with Gasteiger partial charge in [-0.3, -0.25) is 4.79 Å². The molecule has 0 aliphatic carbocycles. The van der Waals surface area contributed by atoms with Gasteiger partial charge in [-0.25, -0.2) is 0 Å². The van der Waals surface area contributed by atoms with Gasteiger partial charge in [-0.15, -0.1) is 0 Å². The van der Waals surface area contributed by atoms with Crippen LogP contribution in [-0.4, -0.2) is 24.7 Å². The maximum atomic E-state index is 12.0. The Labute approximate surface area is 140 Å². The number of carbonyl (C=O) groups excluding carboxylic acids is 1. The van der Waals surface area contributed by atoms with Crippen molar-refractivity contribution in [3.63, 3.8) is 0 Å². The van der Waals surface area contributed by atoms with Gasteiger partial charge in [0.2, 0.25) is 5.91 Å². The van der Waals surface area contributed by atoms with Crippen molar-refractivity contribution in [1.29, 1.82) is 0 Å². The summed E-state index contributed by atoms with van der Waals surface area (Å²) in [5, 5.41) is 3.01. The first-order chi connectivity index (χ1) is 11.0. The van der Waals surface area contributed by atoms with Gasteiger partial charge in [0, 0.05) is 13.0 Å². The Morgan fingerprint density at radius 1 is 1.09 bits per heavy atom. The summed E-state index contributed by atoms with van der Waals surface area (Å²) in [5.74, 6) is 0.0678. The van der Waals surface area contributed by atoms with Crippen LogP contribution in [0.5, 0.6) is 0 Å². The molecule has 1 amide bonds. The molecule has 0 aromatic heterocycles. The molecule has 0 radical (unpaired) electrons. The third-order valence-corrected chi connectivity index (χ3v) is 5.29. The molecule has 0 bridgehead atoms. The van der Waals surface area contributed by atoms with Gasteiger partial charge in [-0.2, -0.15) is 0 Å². The number of rotatable bonds is 5. The summed E-state index contributed by atoms with van der Waals surface area (Å²) < 4.78 is 14.3. The van der Waals surface area contributed by atoms with E-state index in [1.807, 2.05) is 52.0 Å². The lowest BCUT2D eigenvalue weighted by atomic mass is 10.2. The Morgan fingerprint density at radius 2 is 1.74 bits per heavy atom. The standard InChI is InChI=1S/C17H27N2O3P/c1-13(2)21-23(22-14(3)4)19-12-8-7-11-17(20)18-15-9-5-6-10-16(15)19/h5-6,9-10,13-14H,7-8,11-12H2,1-4H3,(H,18,20). The molecule has 1 aromatic carbocycles. The highest BCUT2D eigenvalue weighted by atomic mass is 31.2. The Bertz CT molecular complexity index is 512. The second-order valence-electron chi connectivity index (χ2n) is 6.19. The molecule has 0 fully saturated rings. The Morgan fingerprint density at radius 3 is 2.39 bits per heavy atom. The third-order valence-electron chi connectivity index (χ3n) is 3.28. The lowest BCUT2D eigenvalue weighted by molar-refractivity contribution is -0.116. The van der Waals surface area contributed by atoms with Crippen LogP contribution in [0.4, 0.5) is 11.4 Å². The van der Waals surface area contributed by atoms with Crippen LogP contribution in [0.2, 0.25) is 0 Å². The molecule has 1 aromatic rings. The van der Waals surface area contributed by atoms with Gasteiger partial charge in [0.05, 0.1) is 23.6 Å². The van der Waals surface area contributed by atoms with Crippen molar-refractivity contribution in [2.45, 2.75) is 59.2 Å². The summed E-state index contributed by atoms with van der Waals surface area (Å²) in [5.41, 5.74) is 1.79. The van der Waals surface area contributed by atoms with E-state index in [1.165, 1.54) is 0 Å². The fourth-order valence-electron chi connectivity index (χ4n) is 2.35. The van der Waals surface area contributed by atoms with Crippen LogP contribution in [0.25, 0.3) is 0 Å². The Kier molecular flexibility index (Phi) is 6.82. The first kappa shape index (κ1) is 18.2. The number of benzene rings is 1. The number of fused-ring (bicyclic) bond motifs is 1. The van der Waals surface area contributed by atoms with Crippen molar-refractivity contribution in [3.05, 3.63) is 24.3 Å². The number of nitrogens with one attached hydrogen (secondary N) is 1. The topological polar surface area (TPSA) is 50.8 Å². The number of carbonyl (C=O) groups is 1. The normalized spacial score (nSPS) is 16.1. The summed E-state index contributed by atoms with van der Waals surface area (Å²) in [7, 11) is -1.22. The number of amides is 1. The molecule has 1 N–H and O–H groups in total. The summed E-state index contributed by atoms with van der Waals surface area (Å²) in [6.07, 6.45) is 2.51. The average Bonchev–Trinajstić information content (AvgIpc) is 2.54. The first-order valence-electron chi connectivity index (χ1n) is 8.27. The highest BCUT2D eigenvalue weighted by Crippen LogP contribution is 2.50. The van der Waals surface area contributed by atoms with E-state index >= 15 is 0 Å². The number of hydrogen-bond acceptors (Lipinski definition) is 4. The highest BCUT2D eigenvalue weighted by molar-refractivity contribution is 7.49. The van der Waals surface area contributed by atoms with Crippen molar-refractivity contribution >= 4 is 25.8 Å². The van der Waals surface area contributed by atoms with E-state index in [0.717, 1.165) is 30.8 Å². The van der Waals surface area contributed by atoms with Crippen molar-refractivity contribution < 1.29 is 13.8 Å². The molecule has 128 valence electrons. The van der Waals surface area contributed by atoms with E-state index in [0.29, 0.717) is 6.42 Å². The Balaban J connectivity index is 2.35. The molecule has 0 atom stereocenters. The van der Waals surface area contributed by atoms with Crippen LogP contribution in [0.1, 0.15) is 47.0 Å². The first-order valence-corrected chi connectivity index (χ1v) is 9.40. The summed E-state index contributed by atoms with van der Waals surface area (Å²) >= 11 is 0. The SMILES string of the molecule is CC(C)OP(OC(C)C)N1CCCCC(=O)Nc2ccccc21. The van der Waals surface area contributed by atoms with E-state index < -0.39 is 8.53 Å². The predicted molar refractivity (Wildman–Crippen MR) is 95.6 cm³/mol. The van der Waals surface area contributed by atoms with Crippen molar-refractivity contribution in [1.82, 2.24) is 0 Å². The van der Waals surface area contributed by atoms with Crippen LogP contribution in [0.15, 0.2) is 24.3 Å². The molecular weight excluding hydrogens is 311 g/mol. The number of para-hydroxylation sites is 2. The molecule has 1 heterocycles. The van der Waals surface area contributed by atoms with Gasteiger partial charge in [0.1, 0.15) is 0 Å². The van der Waals surface area contributed by atoms with Gasteiger partial charge < -0.3 is 19.0 Å². The van der Waals surface area contributed by atoms with Gasteiger partial charge in [-0.1, -0.05) is 12.1 Å².